The Bertz CT molecular complexity index is 1470. The SMILES string of the molecule is CC(Oc1cc(-c2cnn(CCC[C@H](NC(=O)OC(C)(C)C)C(=O)OC3CCCC3)c2)cnc1N)c1c(Cl)ccc(F)c1Cl. The lowest BCUT2D eigenvalue weighted by Crippen LogP contribution is -2.45. The van der Waals surface area contributed by atoms with E-state index in [4.69, 9.17) is 43.1 Å². The van der Waals surface area contributed by atoms with Crippen LogP contribution in [0.1, 0.15) is 77.9 Å². The highest BCUT2D eigenvalue weighted by Crippen LogP contribution is 2.37. The van der Waals surface area contributed by atoms with Crippen LogP contribution in [0.25, 0.3) is 11.1 Å². The van der Waals surface area contributed by atoms with Crippen LogP contribution < -0.4 is 15.8 Å². The highest BCUT2D eigenvalue weighted by molar-refractivity contribution is 6.36. The molecule has 2 heterocycles. The number of halogens is 3. The van der Waals surface area contributed by atoms with Crippen molar-refractivity contribution in [2.45, 2.75) is 96.6 Å². The largest absolute Gasteiger partial charge is 0.482 e. The van der Waals surface area contributed by atoms with Gasteiger partial charge in [0.05, 0.1) is 11.2 Å². The van der Waals surface area contributed by atoms with Crippen LogP contribution in [0, 0.1) is 5.82 Å². The van der Waals surface area contributed by atoms with Gasteiger partial charge in [0.2, 0.25) is 0 Å². The van der Waals surface area contributed by atoms with Crippen LogP contribution in [0.4, 0.5) is 15.0 Å². The molecule has 1 aliphatic carbocycles. The summed E-state index contributed by atoms with van der Waals surface area (Å²) in [6.45, 7) is 7.44. The molecule has 0 saturated heterocycles. The number of anilines is 1. The lowest BCUT2D eigenvalue weighted by atomic mass is 10.1. The van der Waals surface area contributed by atoms with E-state index in [0.717, 1.165) is 31.2 Å². The molecule has 1 aliphatic rings. The molecule has 1 saturated carbocycles. The highest BCUT2D eigenvalue weighted by Gasteiger charge is 2.28. The maximum Gasteiger partial charge on any atom is 0.408 e. The third-order valence-corrected chi connectivity index (χ3v) is 7.79. The Kier molecular flexibility index (Phi) is 11.0. The Morgan fingerprint density at radius 1 is 1.18 bits per heavy atom. The zero-order chi connectivity index (χ0) is 32.0. The predicted octanol–water partition coefficient (Wildman–Crippen LogP) is 7.27. The average molecular weight is 651 g/mol. The van der Waals surface area contributed by atoms with Crippen LogP contribution in [0.3, 0.4) is 0 Å². The molecule has 0 spiro atoms. The van der Waals surface area contributed by atoms with Gasteiger partial charge in [0.25, 0.3) is 0 Å². The van der Waals surface area contributed by atoms with Gasteiger partial charge in [0.1, 0.15) is 29.7 Å². The smallest absolute Gasteiger partial charge is 0.408 e. The summed E-state index contributed by atoms with van der Waals surface area (Å²) in [5, 5.41) is 7.25. The van der Waals surface area contributed by atoms with Gasteiger partial charge >= 0.3 is 12.1 Å². The third-order valence-electron chi connectivity index (χ3n) is 7.08. The molecule has 238 valence electrons. The van der Waals surface area contributed by atoms with Crippen molar-refractivity contribution in [2.75, 3.05) is 5.73 Å². The van der Waals surface area contributed by atoms with Crippen LogP contribution in [0.15, 0.2) is 36.8 Å². The molecule has 1 amide bonds. The van der Waals surface area contributed by atoms with Crippen LogP contribution in [-0.4, -0.2) is 44.6 Å². The molecular weight excluding hydrogens is 612 g/mol. The minimum Gasteiger partial charge on any atom is -0.482 e. The van der Waals surface area contributed by atoms with E-state index in [2.05, 4.69) is 15.4 Å². The van der Waals surface area contributed by atoms with Gasteiger partial charge in [-0.25, -0.2) is 19.0 Å². The molecule has 2 atom stereocenters. The second kappa shape index (κ2) is 14.5. The lowest BCUT2D eigenvalue weighted by Gasteiger charge is -2.24. The Balaban J connectivity index is 1.40. The van der Waals surface area contributed by atoms with E-state index in [-0.39, 0.29) is 27.7 Å². The van der Waals surface area contributed by atoms with Gasteiger partial charge in [-0.15, -0.1) is 0 Å². The minimum absolute atomic E-state index is 0.118. The standard InChI is InChI=1S/C31H38Cl2FN5O5/c1-18(26-22(32)11-12-23(34)27(26)33)42-25-14-19(15-36-28(25)35)20-16-37-39(17-20)13-7-10-24(38-30(41)44-31(2,3)4)29(40)43-21-8-5-6-9-21/h11-12,14-18,21,24H,5-10,13H2,1-4H3,(H2,35,36)(H,38,41)/t18?,24-/m0/s1. The van der Waals surface area contributed by atoms with Gasteiger partial charge in [-0.05, 0) is 84.4 Å². The molecule has 0 bridgehead atoms. The summed E-state index contributed by atoms with van der Waals surface area (Å²) < 4.78 is 32.8. The molecule has 2 aromatic heterocycles. The summed E-state index contributed by atoms with van der Waals surface area (Å²) in [6.07, 6.45) is 8.17. The van der Waals surface area contributed by atoms with E-state index >= 15 is 0 Å². The molecule has 1 aromatic carbocycles. The number of ether oxygens (including phenoxy) is 3. The fraction of sp³-hybridized carbons (Fsp3) is 0.484. The van der Waals surface area contributed by atoms with Crippen molar-refractivity contribution in [3.05, 3.63) is 58.2 Å². The molecule has 4 rings (SSSR count). The molecule has 10 nitrogen and oxygen atoms in total. The molecular formula is C31H38Cl2FN5O5. The van der Waals surface area contributed by atoms with Crippen LogP contribution >= 0.6 is 23.2 Å². The summed E-state index contributed by atoms with van der Waals surface area (Å²) in [5.41, 5.74) is 7.11. The lowest BCUT2D eigenvalue weighted by molar-refractivity contribution is -0.151. The van der Waals surface area contributed by atoms with E-state index in [1.54, 1.807) is 50.8 Å². The second-order valence-electron chi connectivity index (χ2n) is 11.8. The van der Waals surface area contributed by atoms with E-state index < -0.39 is 35.6 Å². The molecule has 0 radical (unpaired) electrons. The van der Waals surface area contributed by atoms with Gasteiger partial charge in [-0.3, -0.25) is 4.68 Å². The number of nitrogens with zero attached hydrogens (tertiary/aromatic N) is 3. The van der Waals surface area contributed by atoms with Crippen LogP contribution in [0.5, 0.6) is 5.75 Å². The Labute approximate surface area is 266 Å². The summed E-state index contributed by atoms with van der Waals surface area (Å²) in [7, 11) is 0. The first-order chi connectivity index (χ1) is 20.8. The van der Waals surface area contributed by atoms with Crippen molar-refractivity contribution >= 4 is 41.1 Å². The molecule has 3 N–H and O–H groups in total. The number of nitrogens with one attached hydrogen (secondary N) is 1. The zero-order valence-corrected chi connectivity index (χ0v) is 26.8. The number of carbonyl (C=O) groups excluding carboxylic acids is 2. The fourth-order valence-electron chi connectivity index (χ4n) is 4.92. The van der Waals surface area contributed by atoms with E-state index in [9.17, 15) is 14.0 Å². The number of amides is 1. The highest BCUT2D eigenvalue weighted by atomic mass is 35.5. The first kappa shape index (κ1) is 33.3. The Morgan fingerprint density at radius 3 is 2.61 bits per heavy atom. The molecule has 3 aromatic rings. The summed E-state index contributed by atoms with van der Waals surface area (Å²) in [4.78, 5) is 29.6. The van der Waals surface area contributed by atoms with Crippen LogP contribution in [0.2, 0.25) is 10.0 Å². The van der Waals surface area contributed by atoms with E-state index in [1.807, 2.05) is 6.20 Å². The Morgan fingerprint density at radius 2 is 1.91 bits per heavy atom. The number of alkyl carbamates (subject to hydrolysis) is 1. The maximum atomic E-state index is 14.1. The van der Waals surface area contributed by atoms with Crippen molar-refractivity contribution in [3.63, 3.8) is 0 Å². The third kappa shape index (κ3) is 8.98. The normalized spacial score (nSPS) is 15.1. The quantitative estimate of drug-likeness (QED) is 0.164. The van der Waals surface area contributed by atoms with Crippen molar-refractivity contribution in [2.24, 2.45) is 0 Å². The number of hydrogen-bond donors (Lipinski definition) is 2. The number of hydrogen-bond acceptors (Lipinski definition) is 8. The Hall–Kier alpha value is -3.57. The average Bonchev–Trinajstić information content (AvgIpc) is 3.63. The number of rotatable bonds is 11. The van der Waals surface area contributed by atoms with E-state index in [1.165, 1.54) is 12.1 Å². The van der Waals surface area contributed by atoms with Gasteiger partial charge in [-0.1, -0.05) is 23.2 Å². The number of nitrogens with two attached hydrogens (primary N) is 1. The molecule has 44 heavy (non-hydrogen) atoms. The van der Waals surface area contributed by atoms with Gasteiger partial charge in [-0.2, -0.15) is 5.10 Å². The number of aryl methyl sites for hydroxylation is 1. The molecule has 1 unspecified atom stereocenters. The second-order valence-corrected chi connectivity index (χ2v) is 12.6. The number of pyridine rings is 1. The van der Waals surface area contributed by atoms with Crippen molar-refractivity contribution in [3.8, 4) is 16.9 Å². The number of benzene rings is 1. The number of nitrogen functional groups attached to an aromatic ring is 1. The zero-order valence-electron chi connectivity index (χ0n) is 25.2. The molecule has 13 heteroatoms. The van der Waals surface area contributed by atoms with Gasteiger partial charge in [0, 0.05) is 40.7 Å². The summed E-state index contributed by atoms with van der Waals surface area (Å²) in [6, 6.07) is 3.47. The van der Waals surface area contributed by atoms with E-state index in [0.29, 0.717) is 30.5 Å². The van der Waals surface area contributed by atoms with Crippen LogP contribution in [-0.2, 0) is 20.8 Å². The molecule has 0 aliphatic heterocycles. The number of aromatic nitrogens is 3. The van der Waals surface area contributed by atoms with Crippen molar-refractivity contribution < 1.29 is 28.2 Å². The van der Waals surface area contributed by atoms with Crippen molar-refractivity contribution in [1.29, 1.82) is 0 Å². The summed E-state index contributed by atoms with van der Waals surface area (Å²) in [5.74, 6) is -0.647. The predicted molar refractivity (Wildman–Crippen MR) is 166 cm³/mol. The molecule has 1 fully saturated rings. The minimum atomic E-state index is -0.844. The monoisotopic (exact) mass is 649 g/mol. The topological polar surface area (TPSA) is 131 Å². The van der Waals surface area contributed by atoms with Gasteiger partial charge in [0.15, 0.2) is 11.6 Å². The summed E-state index contributed by atoms with van der Waals surface area (Å²) >= 11 is 12.4. The van der Waals surface area contributed by atoms with Crippen molar-refractivity contribution in [1.82, 2.24) is 20.1 Å². The maximum absolute atomic E-state index is 14.1. The number of esters is 1. The first-order valence-corrected chi connectivity index (χ1v) is 15.3. The number of carbonyl (C=O) groups is 2. The van der Waals surface area contributed by atoms with Gasteiger partial charge < -0.3 is 25.3 Å². The fourth-order valence-corrected chi connectivity index (χ4v) is 5.59. The first-order valence-electron chi connectivity index (χ1n) is 14.6.